The Morgan fingerprint density at radius 3 is 2.13 bits per heavy atom. The van der Waals surface area contributed by atoms with Gasteiger partial charge in [-0.05, 0) is 41.8 Å². The summed E-state index contributed by atoms with van der Waals surface area (Å²) in [5.41, 5.74) is 1.88. The van der Waals surface area contributed by atoms with Gasteiger partial charge in [-0.2, -0.15) is 0 Å². The van der Waals surface area contributed by atoms with Crippen LogP contribution in [0.3, 0.4) is 0 Å². The van der Waals surface area contributed by atoms with Crippen LogP contribution in [0.15, 0.2) is 78.9 Å². The molecule has 0 radical (unpaired) electrons. The van der Waals surface area contributed by atoms with E-state index in [0.717, 1.165) is 29.0 Å². The Hall–Kier alpha value is -3.07. The summed E-state index contributed by atoms with van der Waals surface area (Å²) in [4.78, 5) is 29.0. The first-order chi connectivity index (χ1) is 18.6. The number of unbranched alkanes of at least 4 members (excludes halogenated alkanes) is 1. The molecule has 1 unspecified atom stereocenters. The molecule has 3 aromatic carbocycles. The highest BCUT2D eigenvalue weighted by Gasteiger charge is 2.33. The van der Waals surface area contributed by atoms with Crippen LogP contribution in [0, 0.1) is 0 Å². The van der Waals surface area contributed by atoms with Gasteiger partial charge in [0.15, 0.2) is 0 Å². The van der Waals surface area contributed by atoms with Crippen LogP contribution in [0.2, 0.25) is 10.0 Å². The van der Waals surface area contributed by atoms with E-state index in [1.165, 1.54) is 4.90 Å². The molecule has 0 aliphatic heterocycles. The standard InChI is InChI=1S/C29H33Cl2N3O4S/c1-3-4-17-32-29(36)27(19-22-11-7-5-8-12-22)33(20-23-15-16-25(30)26(31)18-23)28(35)21-34(39(2,37)38)24-13-9-6-10-14-24/h5-16,18,27H,3-4,17,19-21H2,1-2H3,(H,32,36). The number of para-hydroxylation sites is 1. The van der Waals surface area contributed by atoms with E-state index in [0.29, 0.717) is 27.8 Å². The maximum Gasteiger partial charge on any atom is 0.244 e. The summed E-state index contributed by atoms with van der Waals surface area (Å²) in [6.45, 7) is 2.05. The quantitative estimate of drug-likeness (QED) is 0.273. The second-order valence-electron chi connectivity index (χ2n) is 9.23. The van der Waals surface area contributed by atoms with Crippen molar-refractivity contribution < 1.29 is 18.0 Å². The highest BCUT2D eigenvalue weighted by molar-refractivity contribution is 7.92. The summed E-state index contributed by atoms with van der Waals surface area (Å²) in [5, 5.41) is 3.63. The van der Waals surface area contributed by atoms with E-state index in [-0.39, 0.29) is 18.9 Å². The molecule has 0 heterocycles. The third-order valence-electron chi connectivity index (χ3n) is 6.16. The van der Waals surface area contributed by atoms with Crippen LogP contribution in [-0.2, 0) is 32.6 Å². The number of rotatable bonds is 13. The number of amides is 2. The fourth-order valence-electron chi connectivity index (χ4n) is 4.10. The van der Waals surface area contributed by atoms with Crippen molar-refractivity contribution in [1.82, 2.24) is 10.2 Å². The number of hydrogen-bond donors (Lipinski definition) is 1. The van der Waals surface area contributed by atoms with Crippen molar-refractivity contribution in [3.8, 4) is 0 Å². The van der Waals surface area contributed by atoms with Gasteiger partial charge in [-0.25, -0.2) is 8.42 Å². The molecule has 2 amide bonds. The summed E-state index contributed by atoms with van der Waals surface area (Å²) >= 11 is 12.4. The zero-order chi connectivity index (χ0) is 28.4. The second-order valence-corrected chi connectivity index (χ2v) is 11.9. The molecule has 0 saturated heterocycles. The lowest BCUT2D eigenvalue weighted by Crippen LogP contribution is -2.53. The van der Waals surface area contributed by atoms with Gasteiger partial charge in [0.05, 0.1) is 22.0 Å². The Labute approximate surface area is 240 Å². The first-order valence-corrected chi connectivity index (χ1v) is 15.3. The third-order valence-corrected chi connectivity index (χ3v) is 8.04. The fraction of sp³-hybridized carbons (Fsp3) is 0.310. The molecule has 1 N–H and O–H groups in total. The summed E-state index contributed by atoms with van der Waals surface area (Å²) in [6.07, 6.45) is 2.99. The van der Waals surface area contributed by atoms with Crippen molar-refractivity contribution in [3.63, 3.8) is 0 Å². The van der Waals surface area contributed by atoms with Crippen LogP contribution in [0.4, 0.5) is 5.69 Å². The largest absolute Gasteiger partial charge is 0.354 e. The van der Waals surface area contributed by atoms with Crippen molar-refractivity contribution in [2.24, 2.45) is 0 Å². The molecule has 0 aromatic heterocycles. The van der Waals surface area contributed by atoms with Gasteiger partial charge >= 0.3 is 0 Å². The third kappa shape index (κ3) is 8.98. The van der Waals surface area contributed by atoms with E-state index in [4.69, 9.17) is 23.2 Å². The Kier molecular flexibility index (Phi) is 11.2. The molecule has 0 spiro atoms. The predicted molar refractivity (Wildman–Crippen MR) is 157 cm³/mol. The first-order valence-electron chi connectivity index (χ1n) is 12.7. The van der Waals surface area contributed by atoms with Gasteiger partial charge < -0.3 is 10.2 Å². The van der Waals surface area contributed by atoms with E-state index < -0.39 is 28.5 Å². The number of sulfonamides is 1. The highest BCUT2D eigenvalue weighted by Crippen LogP contribution is 2.25. The Morgan fingerprint density at radius 2 is 1.54 bits per heavy atom. The number of carbonyl (C=O) groups is 2. The maximum absolute atomic E-state index is 14.0. The number of nitrogens with one attached hydrogen (secondary N) is 1. The molecule has 0 aliphatic carbocycles. The fourth-order valence-corrected chi connectivity index (χ4v) is 5.27. The van der Waals surface area contributed by atoms with E-state index in [1.807, 2.05) is 37.3 Å². The molecular weight excluding hydrogens is 557 g/mol. The molecule has 1 atom stereocenters. The van der Waals surface area contributed by atoms with Gasteiger partial charge in [-0.15, -0.1) is 0 Å². The topological polar surface area (TPSA) is 86.8 Å². The van der Waals surface area contributed by atoms with Crippen molar-refractivity contribution in [2.45, 2.75) is 38.8 Å². The number of carbonyl (C=O) groups excluding carboxylic acids is 2. The molecule has 208 valence electrons. The Bertz CT molecular complexity index is 1360. The molecule has 0 aliphatic rings. The molecule has 10 heteroatoms. The lowest BCUT2D eigenvalue weighted by molar-refractivity contribution is -0.140. The average molecular weight is 591 g/mol. The van der Waals surface area contributed by atoms with Crippen molar-refractivity contribution in [3.05, 3.63) is 100 Å². The van der Waals surface area contributed by atoms with Crippen LogP contribution in [0.1, 0.15) is 30.9 Å². The van der Waals surface area contributed by atoms with E-state index in [2.05, 4.69) is 5.32 Å². The van der Waals surface area contributed by atoms with Crippen molar-refractivity contribution in [1.29, 1.82) is 0 Å². The summed E-state index contributed by atoms with van der Waals surface area (Å²) < 4.78 is 26.5. The minimum absolute atomic E-state index is 0.0286. The van der Waals surface area contributed by atoms with Crippen LogP contribution < -0.4 is 9.62 Å². The monoisotopic (exact) mass is 589 g/mol. The number of anilines is 1. The second kappa shape index (κ2) is 14.4. The zero-order valence-corrected chi connectivity index (χ0v) is 24.3. The Balaban J connectivity index is 2.03. The molecular formula is C29H33Cl2N3O4S. The SMILES string of the molecule is CCCCNC(=O)C(Cc1ccccc1)N(Cc1ccc(Cl)c(Cl)c1)C(=O)CN(c1ccccc1)S(C)(=O)=O. The number of benzene rings is 3. The number of nitrogens with zero attached hydrogens (tertiary/aromatic N) is 2. The predicted octanol–water partition coefficient (Wildman–Crippen LogP) is 5.32. The molecule has 0 bridgehead atoms. The Morgan fingerprint density at radius 1 is 0.897 bits per heavy atom. The van der Waals surface area contributed by atoms with Crippen molar-refractivity contribution in [2.75, 3.05) is 23.7 Å². The average Bonchev–Trinajstić information content (AvgIpc) is 2.91. The normalized spacial score (nSPS) is 12.0. The molecule has 3 aromatic rings. The lowest BCUT2D eigenvalue weighted by atomic mass is 10.0. The smallest absolute Gasteiger partial charge is 0.244 e. The molecule has 0 fully saturated rings. The van der Waals surface area contributed by atoms with Crippen LogP contribution in [-0.4, -0.2) is 50.5 Å². The molecule has 3 rings (SSSR count). The van der Waals surface area contributed by atoms with E-state index >= 15 is 0 Å². The maximum atomic E-state index is 14.0. The zero-order valence-electron chi connectivity index (χ0n) is 22.0. The van der Waals surface area contributed by atoms with Crippen LogP contribution in [0.5, 0.6) is 0 Å². The minimum Gasteiger partial charge on any atom is -0.354 e. The summed E-state index contributed by atoms with van der Waals surface area (Å²) in [7, 11) is -3.81. The van der Waals surface area contributed by atoms with Crippen LogP contribution in [0.25, 0.3) is 0 Å². The van der Waals surface area contributed by atoms with Gasteiger partial charge in [-0.1, -0.05) is 91.1 Å². The van der Waals surface area contributed by atoms with Gasteiger partial charge in [0.25, 0.3) is 0 Å². The lowest BCUT2D eigenvalue weighted by Gasteiger charge is -2.33. The number of hydrogen-bond acceptors (Lipinski definition) is 4. The van der Waals surface area contributed by atoms with E-state index in [1.54, 1.807) is 48.5 Å². The van der Waals surface area contributed by atoms with Crippen LogP contribution >= 0.6 is 23.2 Å². The minimum atomic E-state index is -3.81. The summed E-state index contributed by atoms with van der Waals surface area (Å²) in [6, 6.07) is 21.9. The van der Waals surface area contributed by atoms with Gasteiger partial charge in [-0.3, -0.25) is 13.9 Å². The highest BCUT2D eigenvalue weighted by atomic mass is 35.5. The van der Waals surface area contributed by atoms with Gasteiger partial charge in [0.1, 0.15) is 12.6 Å². The number of halogens is 2. The molecule has 39 heavy (non-hydrogen) atoms. The first kappa shape index (κ1) is 30.5. The summed E-state index contributed by atoms with van der Waals surface area (Å²) in [5.74, 6) is -0.840. The van der Waals surface area contributed by atoms with E-state index in [9.17, 15) is 18.0 Å². The van der Waals surface area contributed by atoms with Gasteiger partial charge in [0, 0.05) is 19.5 Å². The van der Waals surface area contributed by atoms with Gasteiger partial charge in [0.2, 0.25) is 21.8 Å². The van der Waals surface area contributed by atoms with Crippen molar-refractivity contribution >= 4 is 50.7 Å². The molecule has 7 nitrogen and oxygen atoms in total. The molecule has 0 saturated carbocycles.